The lowest BCUT2D eigenvalue weighted by Gasteiger charge is -2.32. The summed E-state index contributed by atoms with van der Waals surface area (Å²) in [6.07, 6.45) is -0.304. The van der Waals surface area contributed by atoms with Gasteiger partial charge in [0.2, 0.25) is 0 Å². The summed E-state index contributed by atoms with van der Waals surface area (Å²) in [7, 11) is 0. The van der Waals surface area contributed by atoms with Crippen LogP contribution in [0.5, 0.6) is 0 Å². The summed E-state index contributed by atoms with van der Waals surface area (Å²) in [6.45, 7) is 5.51. The van der Waals surface area contributed by atoms with Gasteiger partial charge in [0.15, 0.2) is 0 Å². The van der Waals surface area contributed by atoms with Gasteiger partial charge >= 0.3 is 12.1 Å². The van der Waals surface area contributed by atoms with Crippen molar-refractivity contribution in [2.45, 2.75) is 45.3 Å². The van der Waals surface area contributed by atoms with Crippen LogP contribution in [-0.2, 0) is 20.9 Å². The minimum atomic E-state index is -0.726. The van der Waals surface area contributed by atoms with E-state index in [0.717, 1.165) is 11.1 Å². The van der Waals surface area contributed by atoms with Crippen molar-refractivity contribution in [2.24, 2.45) is 0 Å². The fourth-order valence-electron chi connectivity index (χ4n) is 3.31. The molecular formula is C23H25NO5. The Morgan fingerprint density at radius 1 is 1.21 bits per heavy atom. The van der Waals surface area contributed by atoms with E-state index in [2.05, 4.69) is 5.32 Å². The summed E-state index contributed by atoms with van der Waals surface area (Å²) in [4.78, 5) is 24.5. The Kier molecular flexibility index (Phi) is 5.92. The number of hydrogen-bond acceptors (Lipinski definition) is 5. The lowest BCUT2D eigenvalue weighted by molar-refractivity contribution is -0.155. The molecule has 6 nitrogen and oxygen atoms in total. The number of carbonyl (C=O) groups excluding carboxylic acids is 2. The number of aliphatic hydroxyl groups excluding tert-OH is 1. The maximum Gasteiger partial charge on any atom is 0.411 e. The van der Waals surface area contributed by atoms with Crippen molar-refractivity contribution < 1.29 is 24.2 Å². The van der Waals surface area contributed by atoms with Gasteiger partial charge in [-0.05, 0) is 37.1 Å². The lowest BCUT2D eigenvalue weighted by atomic mass is 9.87. The minimum Gasteiger partial charge on any atom is -0.512 e. The first-order valence-corrected chi connectivity index (χ1v) is 9.48. The molecule has 152 valence electrons. The molecule has 0 radical (unpaired) electrons. The van der Waals surface area contributed by atoms with Crippen LogP contribution in [0.4, 0.5) is 10.5 Å². The van der Waals surface area contributed by atoms with E-state index in [0.29, 0.717) is 5.69 Å². The average molecular weight is 395 g/mol. The molecule has 0 fully saturated rings. The molecule has 0 aliphatic carbocycles. The van der Waals surface area contributed by atoms with E-state index in [1.807, 2.05) is 43.3 Å². The van der Waals surface area contributed by atoms with Crippen LogP contribution in [0.3, 0.4) is 0 Å². The quantitative estimate of drug-likeness (QED) is 0.690. The second kappa shape index (κ2) is 8.39. The van der Waals surface area contributed by atoms with Crippen molar-refractivity contribution in [2.75, 3.05) is 5.32 Å². The number of cyclic esters (lactones) is 1. The third-order valence-electron chi connectivity index (χ3n) is 4.77. The van der Waals surface area contributed by atoms with Gasteiger partial charge in [-0.3, -0.25) is 5.32 Å². The van der Waals surface area contributed by atoms with Crippen LogP contribution in [0.1, 0.15) is 44.2 Å². The van der Waals surface area contributed by atoms with E-state index < -0.39 is 17.7 Å². The number of nitrogens with one attached hydrogen (secondary N) is 1. The Morgan fingerprint density at radius 3 is 2.62 bits per heavy atom. The number of ether oxygens (including phenoxy) is 2. The highest BCUT2D eigenvalue weighted by molar-refractivity contribution is 5.92. The van der Waals surface area contributed by atoms with Crippen LogP contribution < -0.4 is 5.32 Å². The van der Waals surface area contributed by atoms with Crippen LogP contribution in [0.25, 0.3) is 0 Å². The van der Waals surface area contributed by atoms with Crippen LogP contribution in [0, 0.1) is 0 Å². The van der Waals surface area contributed by atoms with E-state index >= 15 is 0 Å². The Bertz CT molecular complexity index is 933. The van der Waals surface area contributed by atoms with Gasteiger partial charge in [0.05, 0.1) is 5.57 Å². The smallest absolute Gasteiger partial charge is 0.411 e. The molecular weight excluding hydrogens is 370 g/mol. The van der Waals surface area contributed by atoms with Crippen molar-refractivity contribution in [3.05, 3.63) is 77.1 Å². The maximum atomic E-state index is 12.4. The topological polar surface area (TPSA) is 84.9 Å². The first-order valence-electron chi connectivity index (χ1n) is 9.48. The summed E-state index contributed by atoms with van der Waals surface area (Å²) in [6, 6.07) is 16.5. The normalized spacial score (nSPS) is 16.7. The summed E-state index contributed by atoms with van der Waals surface area (Å²) < 4.78 is 10.7. The number of amides is 1. The van der Waals surface area contributed by atoms with E-state index in [4.69, 9.17) is 9.47 Å². The van der Waals surface area contributed by atoms with Gasteiger partial charge in [0, 0.05) is 18.0 Å². The first-order chi connectivity index (χ1) is 13.7. The Hall–Kier alpha value is -3.28. The van der Waals surface area contributed by atoms with E-state index in [1.54, 1.807) is 32.0 Å². The molecule has 2 aromatic rings. The summed E-state index contributed by atoms with van der Waals surface area (Å²) in [5.41, 5.74) is 1.72. The minimum absolute atomic E-state index is 0.0411. The fraction of sp³-hybridized carbons (Fsp3) is 0.304. The zero-order chi connectivity index (χ0) is 21.0. The van der Waals surface area contributed by atoms with Gasteiger partial charge < -0.3 is 14.6 Å². The van der Waals surface area contributed by atoms with Crippen molar-refractivity contribution in [1.29, 1.82) is 0 Å². The molecule has 6 heteroatoms. The fourth-order valence-corrected chi connectivity index (χ4v) is 3.31. The Balaban J connectivity index is 1.69. The van der Waals surface area contributed by atoms with Crippen molar-refractivity contribution >= 4 is 17.7 Å². The van der Waals surface area contributed by atoms with Gasteiger partial charge in [-0.25, -0.2) is 9.59 Å². The molecule has 1 aliphatic heterocycles. The Labute approximate surface area is 170 Å². The zero-order valence-corrected chi connectivity index (χ0v) is 16.8. The number of anilines is 1. The molecule has 29 heavy (non-hydrogen) atoms. The number of carbonyl (C=O) groups is 2. The second-order valence-corrected chi connectivity index (χ2v) is 7.72. The molecule has 0 spiro atoms. The summed E-state index contributed by atoms with van der Waals surface area (Å²) in [5.74, 6) is -0.869. The van der Waals surface area contributed by atoms with Gasteiger partial charge in [0.1, 0.15) is 18.0 Å². The molecule has 1 amide bonds. The van der Waals surface area contributed by atoms with E-state index in [-0.39, 0.29) is 30.3 Å². The van der Waals surface area contributed by atoms with Gasteiger partial charge in [-0.1, -0.05) is 49.4 Å². The summed E-state index contributed by atoms with van der Waals surface area (Å²) in [5, 5.41) is 13.1. The molecule has 3 rings (SSSR count). The van der Waals surface area contributed by atoms with Crippen LogP contribution in [0.2, 0.25) is 0 Å². The first kappa shape index (κ1) is 20.5. The number of aliphatic hydroxyl groups is 1. The van der Waals surface area contributed by atoms with Crippen LogP contribution in [0.15, 0.2) is 65.9 Å². The van der Waals surface area contributed by atoms with E-state index in [9.17, 15) is 14.7 Å². The standard InChI is InChI=1S/C23H25NO5/c1-15(20-19(25)13-23(2,3)29-21(20)26)17-10-7-11-18(12-17)24-22(27)28-14-16-8-5-4-6-9-16/h4-12,15,25H,13-14H2,1-3H3,(H,24,27). The molecule has 2 N–H and O–H groups in total. The van der Waals surface area contributed by atoms with Crippen LogP contribution in [-0.4, -0.2) is 22.8 Å². The third kappa shape index (κ3) is 5.16. The molecule has 0 saturated heterocycles. The molecule has 1 unspecified atom stereocenters. The Morgan fingerprint density at radius 2 is 1.93 bits per heavy atom. The predicted octanol–water partition coefficient (Wildman–Crippen LogP) is 5.08. The SMILES string of the molecule is CC(C1=C(O)CC(C)(C)OC1=O)c1cccc(NC(=O)OCc2ccccc2)c1. The van der Waals surface area contributed by atoms with Crippen molar-refractivity contribution in [1.82, 2.24) is 0 Å². The monoisotopic (exact) mass is 395 g/mol. The number of rotatable bonds is 5. The molecule has 1 heterocycles. The molecule has 0 bridgehead atoms. The summed E-state index contributed by atoms with van der Waals surface area (Å²) >= 11 is 0. The molecule has 0 aromatic heterocycles. The zero-order valence-electron chi connectivity index (χ0n) is 16.8. The average Bonchev–Trinajstić information content (AvgIpc) is 2.66. The lowest BCUT2D eigenvalue weighted by Crippen LogP contribution is -2.35. The largest absolute Gasteiger partial charge is 0.512 e. The maximum absolute atomic E-state index is 12.4. The molecule has 1 atom stereocenters. The van der Waals surface area contributed by atoms with Gasteiger partial charge in [0.25, 0.3) is 0 Å². The van der Waals surface area contributed by atoms with Crippen molar-refractivity contribution in [3.8, 4) is 0 Å². The van der Waals surface area contributed by atoms with Crippen molar-refractivity contribution in [3.63, 3.8) is 0 Å². The number of benzene rings is 2. The number of hydrogen-bond donors (Lipinski definition) is 2. The molecule has 2 aromatic carbocycles. The highest BCUT2D eigenvalue weighted by Gasteiger charge is 2.37. The highest BCUT2D eigenvalue weighted by atomic mass is 16.6. The van der Waals surface area contributed by atoms with Gasteiger partial charge in [-0.15, -0.1) is 0 Å². The molecule has 1 aliphatic rings. The van der Waals surface area contributed by atoms with Gasteiger partial charge in [-0.2, -0.15) is 0 Å². The van der Waals surface area contributed by atoms with Crippen LogP contribution >= 0.6 is 0 Å². The third-order valence-corrected chi connectivity index (χ3v) is 4.77. The number of esters is 1. The van der Waals surface area contributed by atoms with E-state index in [1.165, 1.54) is 0 Å². The highest BCUT2D eigenvalue weighted by Crippen LogP contribution is 2.36. The predicted molar refractivity (Wildman–Crippen MR) is 110 cm³/mol. The second-order valence-electron chi connectivity index (χ2n) is 7.72. The molecule has 0 saturated carbocycles.